The van der Waals surface area contributed by atoms with Crippen LogP contribution in [0.4, 0.5) is 0 Å². The Morgan fingerprint density at radius 3 is 2.18 bits per heavy atom. The Hall–Kier alpha value is -2.63. The molecule has 5 heteroatoms. The Kier molecular flexibility index (Phi) is 13.1. The van der Waals surface area contributed by atoms with Gasteiger partial charge >= 0.3 is 0 Å². The van der Waals surface area contributed by atoms with E-state index in [4.69, 9.17) is 5.10 Å². The first-order chi connectivity index (χ1) is 16.8. The molecule has 1 fully saturated rings. The Bertz CT molecular complexity index is 908. The highest BCUT2D eigenvalue weighted by atomic mass is 15.2. The van der Waals surface area contributed by atoms with Crippen LogP contribution < -0.4 is 5.32 Å². The fraction of sp³-hybridized carbons (Fsp3) is 0.483. The molecule has 5 nitrogen and oxygen atoms in total. The van der Waals surface area contributed by atoms with E-state index in [-0.39, 0.29) is 0 Å². The summed E-state index contributed by atoms with van der Waals surface area (Å²) in [6.07, 6.45) is 10.3. The highest BCUT2D eigenvalue weighted by Gasteiger charge is 2.22. The van der Waals surface area contributed by atoms with Crippen molar-refractivity contribution in [2.75, 3.05) is 20.1 Å². The lowest BCUT2D eigenvalue weighted by Gasteiger charge is -2.34. The summed E-state index contributed by atoms with van der Waals surface area (Å²) < 4.78 is 0. The zero-order valence-electron chi connectivity index (χ0n) is 21.8. The molecule has 1 aliphatic rings. The summed E-state index contributed by atoms with van der Waals surface area (Å²) in [5.41, 5.74) is 5.28. The zero-order valence-corrected chi connectivity index (χ0v) is 21.8. The molecule has 0 unspecified atom stereocenters. The lowest BCUT2D eigenvalue weighted by Crippen LogP contribution is -2.40. The molecule has 2 aromatic heterocycles. The van der Waals surface area contributed by atoms with Gasteiger partial charge in [0.15, 0.2) is 0 Å². The zero-order chi connectivity index (χ0) is 24.6. The van der Waals surface area contributed by atoms with Gasteiger partial charge in [-0.3, -0.25) is 9.88 Å². The number of benzene rings is 1. The van der Waals surface area contributed by atoms with E-state index in [0.29, 0.717) is 6.04 Å². The van der Waals surface area contributed by atoms with Crippen LogP contribution in [-0.4, -0.2) is 46.3 Å². The topological polar surface area (TPSA) is 53.9 Å². The van der Waals surface area contributed by atoms with E-state index < -0.39 is 0 Å². The fourth-order valence-corrected chi connectivity index (χ4v) is 4.37. The maximum Gasteiger partial charge on any atom is 0.101 e. The van der Waals surface area contributed by atoms with E-state index in [0.717, 1.165) is 47.7 Å². The van der Waals surface area contributed by atoms with Gasteiger partial charge < -0.3 is 5.32 Å². The quantitative estimate of drug-likeness (QED) is 0.409. The van der Waals surface area contributed by atoms with Gasteiger partial charge in [-0.15, -0.1) is 5.10 Å². The van der Waals surface area contributed by atoms with Crippen molar-refractivity contribution in [2.24, 2.45) is 0 Å². The van der Waals surface area contributed by atoms with E-state index in [1.54, 1.807) is 0 Å². The predicted octanol–water partition coefficient (Wildman–Crippen LogP) is 6.61. The first kappa shape index (κ1) is 27.6. The van der Waals surface area contributed by atoms with Crippen molar-refractivity contribution in [2.45, 2.75) is 72.4 Å². The molecule has 0 spiro atoms. The molecular formula is C29H43N5. The van der Waals surface area contributed by atoms with Gasteiger partial charge in [0.2, 0.25) is 0 Å². The van der Waals surface area contributed by atoms with Crippen LogP contribution in [0.5, 0.6) is 0 Å². The number of hydrogen-bond acceptors (Lipinski definition) is 5. The van der Waals surface area contributed by atoms with Crippen LogP contribution in [0.25, 0.3) is 22.4 Å². The van der Waals surface area contributed by atoms with Crippen molar-refractivity contribution in [3.63, 3.8) is 0 Å². The van der Waals surface area contributed by atoms with Crippen LogP contribution in [0.2, 0.25) is 0 Å². The number of rotatable bonds is 8. The van der Waals surface area contributed by atoms with E-state index in [1.807, 2.05) is 77.5 Å². The lowest BCUT2D eigenvalue weighted by molar-refractivity contribution is 0.147. The van der Waals surface area contributed by atoms with Crippen LogP contribution in [0.15, 0.2) is 60.9 Å². The van der Waals surface area contributed by atoms with Gasteiger partial charge in [0.1, 0.15) is 5.69 Å². The second-order valence-electron chi connectivity index (χ2n) is 8.07. The Morgan fingerprint density at radius 1 is 0.853 bits per heavy atom. The summed E-state index contributed by atoms with van der Waals surface area (Å²) in [5.74, 6) is 0. The van der Waals surface area contributed by atoms with E-state index in [1.165, 1.54) is 32.1 Å². The highest BCUT2D eigenvalue weighted by molar-refractivity contribution is 5.80. The van der Waals surface area contributed by atoms with Crippen molar-refractivity contribution in [3.05, 3.63) is 66.6 Å². The lowest BCUT2D eigenvalue weighted by atomic mass is 9.94. The van der Waals surface area contributed by atoms with E-state index in [2.05, 4.69) is 38.5 Å². The summed E-state index contributed by atoms with van der Waals surface area (Å²) in [7, 11) is 2.02. The molecule has 1 N–H and O–H groups in total. The molecule has 1 aromatic carbocycles. The number of aromatic nitrogens is 3. The van der Waals surface area contributed by atoms with Crippen molar-refractivity contribution >= 4 is 0 Å². The number of hydrogen-bond donors (Lipinski definition) is 1. The van der Waals surface area contributed by atoms with Crippen LogP contribution >= 0.6 is 0 Å². The van der Waals surface area contributed by atoms with Gasteiger partial charge in [0, 0.05) is 49.2 Å². The molecule has 0 amide bonds. The van der Waals surface area contributed by atoms with Crippen LogP contribution in [0, 0.1) is 0 Å². The van der Waals surface area contributed by atoms with Crippen molar-refractivity contribution < 1.29 is 0 Å². The third-order valence-electron chi connectivity index (χ3n) is 5.99. The summed E-state index contributed by atoms with van der Waals surface area (Å²) in [4.78, 5) is 6.78. The summed E-state index contributed by atoms with van der Waals surface area (Å²) >= 11 is 0. The second-order valence-corrected chi connectivity index (χ2v) is 8.07. The van der Waals surface area contributed by atoms with Gasteiger partial charge in [0.05, 0.1) is 5.69 Å². The van der Waals surface area contributed by atoms with E-state index >= 15 is 0 Å². The van der Waals surface area contributed by atoms with Gasteiger partial charge in [-0.25, -0.2) is 0 Å². The molecule has 4 rings (SSSR count). The predicted molar refractivity (Wildman–Crippen MR) is 145 cm³/mol. The summed E-state index contributed by atoms with van der Waals surface area (Å²) in [6, 6.07) is 17.3. The van der Waals surface area contributed by atoms with Crippen LogP contribution in [0.1, 0.15) is 65.5 Å². The molecule has 34 heavy (non-hydrogen) atoms. The minimum Gasteiger partial charge on any atom is -0.318 e. The maximum atomic E-state index is 4.69. The van der Waals surface area contributed by atoms with Crippen molar-refractivity contribution in [1.82, 2.24) is 25.4 Å². The van der Waals surface area contributed by atoms with E-state index in [9.17, 15) is 0 Å². The van der Waals surface area contributed by atoms with Gasteiger partial charge in [-0.1, -0.05) is 77.3 Å². The van der Waals surface area contributed by atoms with Gasteiger partial charge in [-0.05, 0) is 43.7 Å². The molecule has 2 heterocycles. The molecule has 0 radical (unpaired) electrons. The number of pyridine rings is 1. The normalized spacial score (nSPS) is 13.5. The average molecular weight is 462 g/mol. The van der Waals surface area contributed by atoms with Gasteiger partial charge in [0.25, 0.3) is 0 Å². The maximum absolute atomic E-state index is 4.69. The first-order valence-electron chi connectivity index (χ1n) is 13.1. The summed E-state index contributed by atoms with van der Waals surface area (Å²) in [5, 5.41) is 12.7. The molecule has 1 aliphatic carbocycles. The van der Waals surface area contributed by atoms with Crippen LogP contribution in [0.3, 0.4) is 0 Å². The number of nitrogens with one attached hydrogen (secondary N) is 1. The summed E-state index contributed by atoms with van der Waals surface area (Å²) in [6.45, 7) is 10.9. The SMILES string of the molecule is CC.CC.CNCCN(Cc1cc(-c2ccncc2)c(-c2ccccc2)nn1)C1CCCCC1. The molecule has 3 aromatic rings. The smallest absolute Gasteiger partial charge is 0.101 e. The third-order valence-corrected chi connectivity index (χ3v) is 5.99. The van der Waals surface area contributed by atoms with Gasteiger partial charge in [-0.2, -0.15) is 5.10 Å². The standard InChI is InChI=1S/C25H31N5.2C2H6/c1-26-16-17-30(23-10-6-3-7-11-23)19-22-18-24(20-12-14-27-15-13-20)25(29-28-22)21-8-4-2-5-9-21;2*1-2/h2,4-5,8-9,12-15,18,23,26H,3,6-7,10-11,16-17,19H2,1H3;2*1-2H3. The minimum atomic E-state index is 0.645. The first-order valence-corrected chi connectivity index (χ1v) is 13.1. The fourth-order valence-electron chi connectivity index (χ4n) is 4.37. The Labute approximate surface area is 207 Å². The largest absolute Gasteiger partial charge is 0.318 e. The minimum absolute atomic E-state index is 0.645. The monoisotopic (exact) mass is 461 g/mol. The Morgan fingerprint density at radius 2 is 1.53 bits per heavy atom. The molecular weight excluding hydrogens is 418 g/mol. The van der Waals surface area contributed by atoms with Crippen molar-refractivity contribution in [3.8, 4) is 22.4 Å². The molecule has 0 saturated heterocycles. The molecule has 0 aliphatic heterocycles. The second kappa shape index (κ2) is 16.1. The highest BCUT2D eigenvalue weighted by Crippen LogP contribution is 2.31. The molecule has 1 saturated carbocycles. The third kappa shape index (κ3) is 8.00. The molecule has 0 bridgehead atoms. The molecule has 0 atom stereocenters. The van der Waals surface area contributed by atoms with Crippen LogP contribution in [-0.2, 0) is 6.54 Å². The number of likely N-dealkylation sites (N-methyl/N-ethyl adjacent to an activating group) is 1. The molecule has 184 valence electrons. The Balaban J connectivity index is 0.000000970. The number of nitrogens with zero attached hydrogens (tertiary/aromatic N) is 4. The average Bonchev–Trinajstić information content (AvgIpc) is 2.94. The van der Waals surface area contributed by atoms with Crippen molar-refractivity contribution in [1.29, 1.82) is 0 Å².